The maximum atomic E-state index is 8.36. The molecule has 1 saturated heterocycles. The molecule has 1 atom stereocenters. The number of hydrogen-bond donors (Lipinski definition) is 2. The van der Waals surface area contributed by atoms with E-state index in [1.807, 2.05) is 28.6 Å². The Balaban J connectivity index is 0.000000433. The molecule has 1 aromatic carbocycles. The number of nitrogens with one attached hydrogen (secondary N) is 1. The second-order valence-electron chi connectivity index (χ2n) is 4.56. The van der Waals surface area contributed by atoms with E-state index < -0.39 is 5.09 Å². The topological polar surface area (TPSA) is 106 Å². The molecule has 0 amide bonds. The number of hydrogen-bond acceptors (Lipinski definition) is 6. The van der Waals surface area contributed by atoms with Crippen LogP contribution in [-0.2, 0) is 11.4 Å². The summed E-state index contributed by atoms with van der Waals surface area (Å²) >= 11 is 14.2. The first-order valence-electron chi connectivity index (χ1n) is 6.43. The second kappa shape index (κ2) is 7.82. The summed E-state index contributed by atoms with van der Waals surface area (Å²) in [5, 5.41) is 22.7. The fourth-order valence-electron chi connectivity index (χ4n) is 2.25. The highest BCUT2D eigenvalue weighted by Gasteiger charge is 2.38. The van der Waals surface area contributed by atoms with Crippen molar-refractivity contribution in [3.8, 4) is 0 Å². The van der Waals surface area contributed by atoms with E-state index in [4.69, 9.17) is 38.5 Å². The van der Waals surface area contributed by atoms with E-state index in [0.717, 1.165) is 17.9 Å². The molecule has 2 heterocycles. The van der Waals surface area contributed by atoms with Gasteiger partial charge in [0, 0.05) is 27.9 Å². The summed E-state index contributed by atoms with van der Waals surface area (Å²) in [4.78, 5) is 12.1. The lowest BCUT2D eigenvalue weighted by Gasteiger charge is -2.30. The van der Waals surface area contributed by atoms with E-state index in [2.05, 4.69) is 15.4 Å². The Morgan fingerprint density at radius 1 is 1.52 bits per heavy atom. The van der Waals surface area contributed by atoms with Crippen LogP contribution in [0.15, 0.2) is 30.9 Å². The van der Waals surface area contributed by atoms with Gasteiger partial charge in [-0.25, -0.2) is 9.67 Å². The van der Waals surface area contributed by atoms with E-state index in [1.165, 1.54) is 6.33 Å². The summed E-state index contributed by atoms with van der Waals surface area (Å²) in [5.41, 5.74) is 1.04. The van der Waals surface area contributed by atoms with Crippen molar-refractivity contribution in [1.29, 1.82) is 0 Å². The smallest absolute Gasteiger partial charge is 0.291 e. The molecule has 1 aliphatic heterocycles. The van der Waals surface area contributed by atoms with Crippen LogP contribution in [0, 0.1) is 10.1 Å². The summed E-state index contributed by atoms with van der Waals surface area (Å²) < 4.78 is 1.82. The zero-order valence-corrected chi connectivity index (χ0v) is 14.1. The van der Waals surface area contributed by atoms with Gasteiger partial charge in [-0.3, -0.25) is 5.32 Å². The van der Waals surface area contributed by atoms with Gasteiger partial charge in [0.05, 0.1) is 6.54 Å². The third-order valence-electron chi connectivity index (χ3n) is 3.08. The molecular weight excluding hydrogens is 365 g/mol. The van der Waals surface area contributed by atoms with Crippen LogP contribution in [0.1, 0.15) is 5.56 Å². The maximum Gasteiger partial charge on any atom is 0.291 e. The molecular formula is C12H13Cl2N5O3S. The minimum atomic E-state index is -1.50. The fourth-order valence-corrected chi connectivity index (χ4v) is 4.19. The van der Waals surface area contributed by atoms with Crippen molar-refractivity contribution in [2.75, 3.05) is 12.3 Å². The second-order valence-corrected chi connectivity index (χ2v) is 6.79. The van der Waals surface area contributed by atoms with Crippen LogP contribution in [-0.4, -0.2) is 37.4 Å². The number of halogens is 2. The minimum Gasteiger partial charge on any atom is -0.328 e. The Bertz CT molecular complexity index is 661. The Morgan fingerprint density at radius 2 is 2.26 bits per heavy atom. The molecule has 2 aromatic rings. The molecule has 1 unspecified atom stereocenters. The zero-order valence-electron chi connectivity index (χ0n) is 11.7. The number of benzene rings is 1. The summed E-state index contributed by atoms with van der Waals surface area (Å²) in [6, 6.07) is 5.63. The standard InChI is InChI=1S/C12H12Cl2N4S.HNO3/c13-9-1-2-10(11(14)5-9)12(16-3-4-19-12)6-18-8-15-7-17-18;2-1(3)4/h1-2,5,7-8,16H,3-4,6H2;(H,2,3,4). The van der Waals surface area contributed by atoms with Crippen molar-refractivity contribution >= 4 is 35.0 Å². The van der Waals surface area contributed by atoms with Gasteiger partial charge >= 0.3 is 0 Å². The van der Waals surface area contributed by atoms with Gasteiger partial charge in [-0.15, -0.1) is 21.9 Å². The molecule has 23 heavy (non-hydrogen) atoms. The Hall–Kier alpha value is -1.55. The van der Waals surface area contributed by atoms with Crippen molar-refractivity contribution in [3.05, 3.63) is 56.6 Å². The van der Waals surface area contributed by atoms with Crippen LogP contribution in [0.2, 0.25) is 10.0 Å². The van der Waals surface area contributed by atoms with Gasteiger partial charge in [-0.05, 0) is 12.1 Å². The maximum absolute atomic E-state index is 8.36. The van der Waals surface area contributed by atoms with Crippen LogP contribution in [0.5, 0.6) is 0 Å². The molecule has 8 nitrogen and oxygen atoms in total. The molecule has 0 bridgehead atoms. The number of rotatable bonds is 3. The predicted octanol–water partition coefficient (Wildman–Crippen LogP) is 2.43. The number of aromatic nitrogens is 3. The van der Waals surface area contributed by atoms with Crippen molar-refractivity contribution in [2.45, 2.75) is 11.4 Å². The lowest BCUT2D eigenvalue weighted by atomic mass is 10.1. The summed E-state index contributed by atoms with van der Waals surface area (Å²) in [6.07, 6.45) is 3.25. The third kappa shape index (κ3) is 4.71. The van der Waals surface area contributed by atoms with Crippen LogP contribution in [0.4, 0.5) is 0 Å². The van der Waals surface area contributed by atoms with Crippen molar-refractivity contribution in [2.24, 2.45) is 0 Å². The number of thioether (sulfide) groups is 1. The van der Waals surface area contributed by atoms with Crippen molar-refractivity contribution in [3.63, 3.8) is 0 Å². The van der Waals surface area contributed by atoms with Gasteiger partial charge in [0.25, 0.3) is 5.09 Å². The average molecular weight is 378 g/mol. The van der Waals surface area contributed by atoms with E-state index in [0.29, 0.717) is 16.6 Å². The molecule has 0 spiro atoms. The largest absolute Gasteiger partial charge is 0.328 e. The minimum absolute atomic E-state index is 0.268. The predicted molar refractivity (Wildman–Crippen MR) is 87.4 cm³/mol. The van der Waals surface area contributed by atoms with Crippen molar-refractivity contribution < 1.29 is 10.3 Å². The normalized spacial score (nSPS) is 19.9. The molecule has 1 fully saturated rings. The molecule has 124 valence electrons. The summed E-state index contributed by atoms with van der Waals surface area (Å²) in [7, 11) is 0. The number of nitrogens with zero attached hydrogens (tertiary/aromatic N) is 4. The van der Waals surface area contributed by atoms with Crippen molar-refractivity contribution in [1.82, 2.24) is 20.1 Å². The third-order valence-corrected chi connectivity index (χ3v) is 5.02. The van der Waals surface area contributed by atoms with Gasteiger partial charge in [-0.2, -0.15) is 5.10 Å². The molecule has 1 aliphatic rings. The van der Waals surface area contributed by atoms with E-state index >= 15 is 0 Å². The SMILES string of the molecule is Clc1ccc(C2(Cn3cncn3)NCCS2)c(Cl)c1.O=[N+]([O-])O. The highest BCUT2D eigenvalue weighted by molar-refractivity contribution is 8.00. The summed E-state index contributed by atoms with van der Waals surface area (Å²) in [5.74, 6) is 1.04. The van der Waals surface area contributed by atoms with E-state index in [9.17, 15) is 0 Å². The molecule has 3 rings (SSSR count). The van der Waals surface area contributed by atoms with Crippen LogP contribution in [0.3, 0.4) is 0 Å². The Morgan fingerprint density at radius 3 is 2.78 bits per heavy atom. The van der Waals surface area contributed by atoms with Crippen LogP contribution < -0.4 is 5.32 Å². The van der Waals surface area contributed by atoms with Crippen LogP contribution >= 0.6 is 35.0 Å². The average Bonchev–Trinajstić information content (AvgIpc) is 3.11. The van der Waals surface area contributed by atoms with Gasteiger partial charge in [0.15, 0.2) is 0 Å². The summed E-state index contributed by atoms with van der Waals surface area (Å²) in [6.45, 7) is 1.62. The first-order valence-corrected chi connectivity index (χ1v) is 8.17. The Labute approximate surface area is 145 Å². The highest BCUT2D eigenvalue weighted by Crippen LogP contribution is 2.42. The lowest BCUT2D eigenvalue weighted by molar-refractivity contribution is -0.742. The monoisotopic (exact) mass is 377 g/mol. The Kier molecular flexibility index (Phi) is 6.05. The van der Waals surface area contributed by atoms with Gasteiger partial charge in [-0.1, -0.05) is 29.3 Å². The fraction of sp³-hybridized carbons (Fsp3) is 0.333. The zero-order chi connectivity index (χ0) is 16.9. The molecule has 0 aliphatic carbocycles. The van der Waals surface area contributed by atoms with E-state index in [-0.39, 0.29) is 4.87 Å². The molecule has 11 heteroatoms. The lowest BCUT2D eigenvalue weighted by Crippen LogP contribution is -2.39. The quantitative estimate of drug-likeness (QED) is 0.624. The van der Waals surface area contributed by atoms with Gasteiger partial charge in [0.2, 0.25) is 0 Å². The van der Waals surface area contributed by atoms with Gasteiger partial charge in [0.1, 0.15) is 17.5 Å². The van der Waals surface area contributed by atoms with Crippen LogP contribution in [0.25, 0.3) is 0 Å². The molecule has 0 radical (unpaired) electrons. The highest BCUT2D eigenvalue weighted by atomic mass is 35.5. The van der Waals surface area contributed by atoms with E-state index in [1.54, 1.807) is 12.4 Å². The first-order chi connectivity index (χ1) is 10.9. The first kappa shape index (κ1) is 17.8. The molecule has 2 N–H and O–H groups in total. The molecule has 1 aromatic heterocycles. The molecule has 0 saturated carbocycles. The van der Waals surface area contributed by atoms with Gasteiger partial charge < -0.3 is 5.21 Å².